The number of likely N-dealkylation sites (tertiary alicyclic amines) is 1. The maximum atomic E-state index is 11.8. The predicted octanol–water partition coefficient (Wildman–Crippen LogP) is 1.12. The van der Waals surface area contributed by atoms with E-state index in [0.29, 0.717) is 0 Å². The van der Waals surface area contributed by atoms with Gasteiger partial charge in [-0.05, 0) is 40.0 Å². The van der Waals surface area contributed by atoms with Crippen molar-refractivity contribution < 1.29 is 4.79 Å². The summed E-state index contributed by atoms with van der Waals surface area (Å²) in [5.41, 5.74) is 5.76. The highest BCUT2D eigenvalue weighted by Gasteiger charge is 2.34. The predicted molar refractivity (Wildman–Crippen MR) is 53.3 cm³/mol. The molecule has 13 heavy (non-hydrogen) atoms. The number of rotatable bonds is 1. The number of nitrogens with two attached hydrogens (primary N) is 1. The maximum absolute atomic E-state index is 11.8. The van der Waals surface area contributed by atoms with Crippen molar-refractivity contribution in [3.63, 3.8) is 0 Å². The van der Waals surface area contributed by atoms with Crippen LogP contribution in [0.25, 0.3) is 0 Å². The molecule has 1 heterocycles. The van der Waals surface area contributed by atoms with Crippen molar-refractivity contribution in [2.75, 3.05) is 6.54 Å². The summed E-state index contributed by atoms with van der Waals surface area (Å²) < 4.78 is 0. The van der Waals surface area contributed by atoms with Gasteiger partial charge in [-0.2, -0.15) is 0 Å². The van der Waals surface area contributed by atoms with Crippen LogP contribution in [0.4, 0.5) is 0 Å². The second kappa shape index (κ2) is 3.66. The lowest BCUT2D eigenvalue weighted by Gasteiger charge is -2.37. The molecule has 0 aliphatic carbocycles. The normalized spacial score (nSPS) is 28.8. The largest absolute Gasteiger partial charge is 0.337 e. The summed E-state index contributed by atoms with van der Waals surface area (Å²) in [6, 6.07) is -0.276. The van der Waals surface area contributed by atoms with Gasteiger partial charge < -0.3 is 10.6 Å². The molecule has 0 radical (unpaired) electrons. The molecule has 0 bridgehead atoms. The van der Waals surface area contributed by atoms with Gasteiger partial charge in [-0.15, -0.1) is 0 Å². The van der Waals surface area contributed by atoms with Gasteiger partial charge in [0.25, 0.3) is 0 Å². The van der Waals surface area contributed by atoms with Crippen LogP contribution in [0.3, 0.4) is 0 Å². The van der Waals surface area contributed by atoms with Crippen LogP contribution >= 0.6 is 0 Å². The van der Waals surface area contributed by atoms with Crippen LogP contribution in [0.5, 0.6) is 0 Å². The van der Waals surface area contributed by atoms with Gasteiger partial charge >= 0.3 is 0 Å². The quantitative estimate of drug-likeness (QED) is 0.664. The molecule has 3 heteroatoms. The van der Waals surface area contributed by atoms with Gasteiger partial charge in [0.15, 0.2) is 0 Å². The first-order chi connectivity index (χ1) is 5.99. The van der Waals surface area contributed by atoms with Gasteiger partial charge in [0, 0.05) is 12.1 Å². The molecule has 76 valence electrons. The number of hydrogen-bond donors (Lipinski definition) is 1. The summed E-state index contributed by atoms with van der Waals surface area (Å²) in [6.07, 6.45) is 2.94. The number of hydrogen-bond acceptors (Lipinski definition) is 2. The first kappa shape index (κ1) is 10.5. The Kier molecular flexibility index (Phi) is 2.96. The second-order valence-electron chi connectivity index (χ2n) is 4.39. The average molecular weight is 184 g/mol. The lowest BCUT2D eigenvalue weighted by atomic mass is 9.97. The zero-order valence-corrected chi connectivity index (χ0v) is 8.84. The highest BCUT2D eigenvalue weighted by molar-refractivity contribution is 5.82. The van der Waals surface area contributed by atoms with Crippen molar-refractivity contribution in [3.05, 3.63) is 0 Å². The fraction of sp³-hybridized carbons (Fsp3) is 0.900. The van der Waals surface area contributed by atoms with Crippen molar-refractivity contribution in [3.8, 4) is 0 Å². The SMILES string of the molecule is CCN1C(=O)C(N)CCCC1(C)C. The molecule has 1 saturated heterocycles. The molecule has 1 aliphatic rings. The molecule has 3 nitrogen and oxygen atoms in total. The number of carbonyl (C=O) groups is 1. The minimum absolute atomic E-state index is 0.0139. The van der Waals surface area contributed by atoms with Crippen LogP contribution in [-0.2, 0) is 4.79 Å². The first-order valence-corrected chi connectivity index (χ1v) is 5.06. The van der Waals surface area contributed by atoms with E-state index in [0.717, 1.165) is 25.8 Å². The summed E-state index contributed by atoms with van der Waals surface area (Å²) in [5.74, 6) is 0.116. The molecule has 0 aromatic carbocycles. The molecule has 2 N–H and O–H groups in total. The van der Waals surface area contributed by atoms with Crippen LogP contribution < -0.4 is 5.73 Å². The van der Waals surface area contributed by atoms with Gasteiger partial charge in [-0.25, -0.2) is 0 Å². The van der Waals surface area contributed by atoms with E-state index >= 15 is 0 Å². The molecular weight excluding hydrogens is 164 g/mol. The summed E-state index contributed by atoms with van der Waals surface area (Å²) >= 11 is 0. The van der Waals surface area contributed by atoms with Crippen molar-refractivity contribution in [1.82, 2.24) is 4.90 Å². The summed E-state index contributed by atoms with van der Waals surface area (Å²) in [5, 5.41) is 0. The Balaban J connectivity index is 2.86. The molecule has 0 spiro atoms. The van der Waals surface area contributed by atoms with E-state index in [-0.39, 0.29) is 17.5 Å². The smallest absolute Gasteiger partial charge is 0.239 e. The second-order valence-corrected chi connectivity index (χ2v) is 4.39. The molecule has 1 atom stereocenters. The number of amides is 1. The van der Waals surface area contributed by atoms with Crippen LogP contribution in [0, 0.1) is 0 Å². The topological polar surface area (TPSA) is 46.3 Å². The first-order valence-electron chi connectivity index (χ1n) is 5.06. The summed E-state index contributed by atoms with van der Waals surface area (Å²) in [4.78, 5) is 13.7. The van der Waals surface area contributed by atoms with E-state index in [1.807, 2.05) is 11.8 Å². The molecule has 1 fully saturated rings. The Hall–Kier alpha value is -0.570. The molecule has 1 rings (SSSR count). The Morgan fingerprint density at radius 2 is 2.23 bits per heavy atom. The van der Waals surface area contributed by atoms with Crippen LogP contribution in [0.2, 0.25) is 0 Å². The number of likely N-dealkylation sites (N-methyl/N-ethyl adjacent to an activating group) is 1. The Morgan fingerprint density at radius 1 is 1.62 bits per heavy atom. The van der Waals surface area contributed by atoms with Crippen molar-refractivity contribution in [1.29, 1.82) is 0 Å². The van der Waals surface area contributed by atoms with Gasteiger partial charge in [-0.1, -0.05) is 0 Å². The highest BCUT2D eigenvalue weighted by Crippen LogP contribution is 2.26. The molecule has 0 saturated carbocycles. The Morgan fingerprint density at radius 3 is 2.77 bits per heavy atom. The van der Waals surface area contributed by atoms with Crippen LogP contribution in [-0.4, -0.2) is 28.9 Å². The van der Waals surface area contributed by atoms with Crippen molar-refractivity contribution in [2.24, 2.45) is 5.73 Å². The van der Waals surface area contributed by atoms with E-state index in [2.05, 4.69) is 13.8 Å². The van der Waals surface area contributed by atoms with E-state index in [4.69, 9.17) is 5.73 Å². The van der Waals surface area contributed by atoms with E-state index in [1.54, 1.807) is 0 Å². The third kappa shape index (κ3) is 2.02. The number of carbonyl (C=O) groups excluding carboxylic acids is 1. The lowest BCUT2D eigenvalue weighted by molar-refractivity contribution is -0.136. The van der Waals surface area contributed by atoms with Crippen LogP contribution in [0.15, 0.2) is 0 Å². The molecule has 1 amide bonds. The minimum atomic E-state index is -0.276. The lowest BCUT2D eigenvalue weighted by Crippen LogP contribution is -2.51. The molecular formula is C10H20N2O. The van der Waals surface area contributed by atoms with E-state index in [1.165, 1.54) is 0 Å². The molecule has 0 aromatic rings. The third-order valence-electron chi connectivity index (χ3n) is 2.93. The van der Waals surface area contributed by atoms with E-state index in [9.17, 15) is 4.79 Å². The van der Waals surface area contributed by atoms with Gasteiger partial charge in [0.05, 0.1) is 6.04 Å². The van der Waals surface area contributed by atoms with Gasteiger partial charge in [0.1, 0.15) is 0 Å². The average Bonchev–Trinajstić information content (AvgIpc) is 2.11. The molecule has 0 aromatic heterocycles. The molecule has 1 unspecified atom stereocenters. The van der Waals surface area contributed by atoms with Crippen molar-refractivity contribution in [2.45, 2.75) is 51.6 Å². The molecule has 1 aliphatic heterocycles. The van der Waals surface area contributed by atoms with Crippen molar-refractivity contribution >= 4 is 5.91 Å². The Bertz CT molecular complexity index is 201. The van der Waals surface area contributed by atoms with Crippen LogP contribution in [0.1, 0.15) is 40.0 Å². The zero-order chi connectivity index (χ0) is 10.1. The zero-order valence-electron chi connectivity index (χ0n) is 8.84. The fourth-order valence-electron chi connectivity index (χ4n) is 2.10. The maximum Gasteiger partial charge on any atom is 0.239 e. The number of nitrogens with zero attached hydrogens (tertiary/aromatic N) is 1. The standard InChI is InChI=1S/C10H20N2O/c1-4-12-9(13)8(11)6-5-7-10(12,2)3/h8H,4-7,11H2,1-3H3. The van der Waals surface area contributed by atoms with Gasteiger partial charge in [0.2, 0.25) is 5.91 Å². The minimum Gasteiger partial charge on any atom is -0.337 e. The Labute approximate surface area is 80.3 Å². The fourth-order valence-corrected chi connectivity index (χ4v) is 2.10. The third-order valence-corrected chi connectivity index (χ3v) is 2.93. The summed E-state index contributed by atoms with van der Waals surface area (Å²) in [7, 11) is 0. The highest BCUT2D eigenvalue weighted by atomic mass is 16.2. The van der Waals surface area contributed by atoms with E-state index < -0.39 is 0 Å². The summed E-state index contributed by atoms with van der Waals surface area (Å²) in [6.45, 7) is 7.01. The monoisotopic (exact) mass is 184 g/mol. The van der Waals surface area contributed by atoms with Gasteiger partial charge in [-0.3, -0.25) is 4.79 Å².